The van der Waals surface area contributed by atoms with E-state index in [4.69, 9.17) is 4.74 Å². The van der Waals surface area contributed by atoms with Crippen LogP contribution < -0.4 is 10.1 Å². The second kappa shape index (κ2) is 9.61. The summed E-state index contributed by atoms with van der Waals surface area (Å²) in [7, 11) is 0. The van der Waals surface area contributed by atoms with Gasteiger partial charge in [-0.15, -0.1) is 0 Å². The second-order valence-corrected chi connectivity index (χ2v) is 7.79. The van der Waals surface area contributed by atoms with Crippen LogP contribution in [0.4, 0.5) is 5.69 Å². The number of nitrogens with zero attached hydrogens (tertiary/aromatic N) is 1. The van der Waals surface area contributed by atoms with Crippen molar-refractivity contribution in [3.05, 3.63) is 65.4 Å². The van der Waals surface area contributed by atoms with Gasteiger partial charge >= 0.3 is 0 Å². The quantitative estimate of drug-likeness (QED) is 0.582. The number of amides is 2. The predicted molar refractivity (Wildman–Crippen MR) is 120 cm³/mol. The van der Waals surface area contributed by atoms with Crippen molar-refractivity contribution in [3.8, 4) is 5.75 Å². The first-order valence-corrected chi connectivity index (χ1v) is 10.7. The van der Waals surface area contributed by atoms with E-state index in [9.17, 15) is 9.59 Å². The van der Waals surface area contributed by atoms with Crippen LogP contribution in [-0.2, 0) is 9.59 Å². The van der Waals surface area contributed by atoms with Crippen LogP contribution in [0.5, 0.6) is 5.75 Å². The second-order valence-electron chi connectivity index (χ2n) is 7.79. The van der Waals surface area contributed by atoms with E-state index in [0.717, 1.165) is 17.9 Å². The first kappa shape index (κ1) is 21.6. The van der Waals surface area contributed by atoms with Gasteiger partial charge < -0.3 is 10.1 Å². The van der Waals surface area contributed by atoms with Crippen molar-refractivity contribution in [3.63, 3.8) is 0 Å². The lowest BCUT2D eigenvalue weighted by Crippen LogP contribution is -2.33. The Hall–Kier alpha value is -3.08. The number of benzene rings is 2. The maximum atomic E-state index is 13.1. The fourth-order valence-electron chi connectivity index (χ4n) is 3.42. The molecular formula is C25H30N2O3. The highest BCUT2D eigenvalue weighted by Crippen LogP contribution is 2.32. The first-order chi connectivity index (χ1) is 14.5. The third-order valence-electron chi connectivity index (χ3n) is 5.08. The van der Waals surface area contributed by atoms with Gasteiger partial charge in [-0.2, -0.15) is 0 Å². The van der Waals surface area contributed by atoms with Crippen LogP contribution in [0.15, 0.2) is 54.2 Å². The minimum Gasteiger partial charge on any atom is -0.494 e. The van der Waals surface area contributed by atoms with Crippen LogP contribution >= 0.6 is 0 Å². The number of imide groups is 1. The van der Waals surface area contributed by atoms with E-state index in [1.807, 2.05) is 55.5 Å². The molecule has 0 saturated heterocycles. The van der Waals surface area contributed by atoms with Gasteiger partial charge in [-0.1, -0.05) is 52.0 Å². The summed E-state index contributed by atoms with van der Waals surface area (Å²) in [6, 6.07) is 15.3. The molecule has 2 aromatic rings. The topological polar surface area (TPSA) is 58.6 Å². The van der Waals surface area contributed by atoms with Crippen molar-refractivity contribution in [2.75, 3.05) is 18.5 Å². The maximum Gasteiger partial charge on any atom is 0.278 e. The Balaban J connectivity index is 1.95. The lowest BCUT2D eigenvalue weighted by atomic mass is 10.0. The van der Waals surface area contributed by atoms with Gasteiger partial charge in [0.2, 0.25) is 0 Å². The van der Waals surface area contributed by atoms with Gasteiger partial charge in [0.15, 0.2) is 0 Å². The summed E-state index contributed by atoms with van der Waals surface area (Å²) in [4.78, 5) is 27.4. The van der Waals surface area contributed by atoms with Gasteiger partial charge in [0.05, 0.1) is 12.2 Å². The Bertz CT molecular complexity index is 928. The SMILES string of the molecule is CCCOc1ccc(C2=C(Nc3ccc(C(C)C)cc3)C(=O)N(CCC)C2=O)cc1. The number of ether oxygens (including phenoxy) is 1. The number of hydrogen-bond acceptors (Lipinski definition) is 4. The monoisotopic (exact) mass is 406 g/mol. The van der Waals surface area contributed by atoms with Crippen molar-refractivity contribution in [2.24, 2.45) is 0 Å². The maximum absolute atomic E-state index is 13.1. The third kappa shape index (κ3) is 4.56. The molecule has 5 heteroatoms. The van der Waals surface area contributed by atoms with Crippen molar-refractivity contribution >= 4 is 23.1 Å². The molecule has 0 saturated carbocycles. The summed E-state index contributed by atoms with van der Waals surface area (Å²) in [5.74, 6) is 0.639. The van der Waals surface area contributed by atoms with Crippen LogP contribution in [0.25, 0.3) is 5.57 Å². The Morgan fingerprint density at radius 1 is 0.900 bits per heavy atom. The lowest BCUT2D eigenvalue weighted by molar-refractivity contribution is -0.136. The zero-order valence-corrected chi connectivity index (χ0v) is 18.2. The first-order valence-electron chi connectivity index (χ1n) is 10.7. The average molecular weight is 407 g/mol. The van der Waals surface area contributed by atoms with Crippen molar-refractivity contribution in [1.29, 1.82) is 0 Å². The molecule has 0 aromatic heterocycles. The van der Waals surface area contributed by atoms with Crippen LogP contribution in [0.2, 0.25) is 0 Å². The van der Waals surface area contributed by atoms with Crippen LogP contribution in [0, 0.1) is 0 Å². The highest BCUT2D eigenvalue weighted by molar-refractivity contribution is 6.36. The minimum atomic E-state index is -0.281. The molecule has 1 aliphatic heterocycles. The van der Waals surface area contributed by atoms with E-state index in [1.54, 1.807) is 0 Å². The molecule has 3 rings (SSSR count). The highest BCUT2D eigenvalue weighted by atomic mass is 16.5. The third-order valence-corrected chi connectivity index (χ3v) is 5.08. The van der Waals surface area contributed by atoms with Gasteiger partial charge in [0, 0.05) is 12.2 Å². The van der Waals surface area contributed by atoms with Gasteiger partial charge in [-0.05, 0) is 54.2 Å². The Morgan fingerprint density at radius 2 is 1.57 bits per heavy atom. The molecule has 0 spiro atoms. The van der Waals surface area contributed by atoms with E-state index in [0.29, 0.717) is 42.3 Å². The Morgan fingerprint density at radius 3 is 2.13 bits per heavy atom. The average Bonchev–Trinajstić information content (AvgIpc) is 2.97. The summed E-state index contributed by atoms with van der Waals surface area (Å²) in [5.41, 5.74) is 3.45. The largest absolute Gasteiger partial charge is 0.494 e. The lowest BCUT2D eigenvalue weighted by Gasteiger charge is -2.14. The number of carbonyl (C=O) groups excluding carboxylic acids is 2. The summed E-state index contributed by atoms with van der Waals surface area (Å²) in [6.07, 6.45) is 1.64. The summed E-state index contributed by atoms with van der Waals surface area (Å²) >= 11 is 0. The highest BCUT2D eigenvalue weighted by Gasteiger charge is 2.38. The number of carbonyl (C=O) groups is 2. The van der Waals surface area contributed by atoms with Gasteiger partial charge in [-0.3, -0.25) is 14.5 Å². The zero-order chi connectivity index (χ0) is 21.7. The summed E-state index contributed by atoms with van der Waals surface area (Å²) < 4.78 is 5.64. The summed E-state index contributed by atoms with van der Waals surface area (Å²) in [5, 5.41) is 3.21. The molecule has 158 valence electrons. The Kier molecular flexibility index (Phi) is 6.93. The van der Waals surface area contributed by atoms with E-state index < -0.39 is 0 Å². The zero-order valence-electron chi connectivity index (χ0n) is 18.2. The molecule has 2 amide bonds. The fourth-order valence-corrected chi connectivity index (χ4v) is 3.42. The molecule has 0 fully saturated rings. The van der Waals surface area contributed by atoms with Gasteiger partial charge in [0.1, 0.15) is 11.4 Å². The molecule has 1 heterocycles. The molecule has 0 bridgehead atoms. The molecule has 0 unspecified atom stereocenters. The number of nitrogens with one attached hydrogen (secondary N) is 1. The fraction of sp³-hybridized carbons (Fsp3) is 0.360. The van der Waals surface area contributed by atoms with E-state index in [2.05, 4.69) is 26.1 Å². The molecule has 0 radical (unpaired) electrons. The molecule has 0 aliphatic carbocycles. The van der Waals surface area contributed by atoms with E-state index in [1.165, 1.54) is 10.5 Å². The molecule has 1 N–H and O–H groups in total. The molecule has 2 aromatic carbocycles. The van der Waals surface area contributed by atoms with Crippen LogP contribution in [0.3, 0.4) is 0 Å². The van der Waals surface area contributed by atoms with Gasteiger partial charge in [-0.25, -0.2) is 0 Å². The van der Waals surface area contributed by atoms with Gasteiger partial charge in [0.25, 0.3) is 11.8 Å². The number of rotatable bonds is 9. The predicted octanol–water partition coefficient (Wildman–Crippen LogP) is 5.20. The number of anilines is 1. The standard InChI is InChI=1S/C25H30N2O3/c1-5-15-27-24(28)22(19-9-13-21(14-10-19)30-16-6-2)23(25(27)29)26-20-11-7-18(8-12-20)17(3)4/h7-14,17,26H,5-6,15-16H2,1-4H3. The molecular weight excluding hydrogens is 376 g/mol. The van der Waals surface area contributed by atoms with E-state index >= 15 is 0 Å². The summed E-state index contributed by atoms with van der Waals surface area (Å²) in [6.45, 7) is 9.32. The smallest absolute Gasteiger partial charge is 0.278 e. The van der Waals surface area contributed by atoms with Crippen LogP contribution in [0.1, 0.15) is 57.6 Å². The van der Waals surface area contributed by atoms with Crippen molar-refractivity contribution in [1.82, 2.24) is 4.90 Å². The minimum absolute atomic E-state index is 0.259. The molecule has 5 nitrogen and oxygen atoms in total. The van der Waals surface area contributed by atoms with E-state index in [-0.39, 0.29) is 11.8 Å². The number of hydrogen-bond donors (Lipinski definition) is 1. The molecule has 30 heavy (non-hydrogen) atoms. The molecule has 1 aliphatic rings. The molecule has 0 atom stereocenters. The van der Waals surface area contributed by atoms with Crippen molar-refractivity contribution in [2.45, 2.75) is 46.5 Å². The Labute approximate surface area is 178 Å². The normalized spacial score (nSPS) is 14.1. The van der Waals surface area contributed by atoms with Crippen LogP contribution in [-0.4, -0.2) is 29.9 Å². The van der Waals surface area contributed by atoms with Crippen molar-refractivity contribution < 1.29 is 14.3 Å².